The number of carbonyl (C=O) groups excluding carboxylic acids is 4. The number of aromatic nitrogens is 1. The maximum atomic E-state index is 12.4. The van der Waals surface area contributed by atoms with Crippen molar-refractivity contribution in [2.24, 2.45) is 11.7 Å². The monoisotopic (exact) mass is 408 g/mol. The molecule has 0 aliphatic heterocycles. The van der Waals surface area contributed by atoms with E-state index in [0.29, 0.717) is 12.2 Å². The molecule has 0 aromatic carbocycles. The third-order valence-corrected chi connectivity index (χ3v) is 3.89. The highest BCUT2D eigenvalue weighted by molar-refractivity contribution is 5.95. The summed E-state index contributed by atoms with van der Waals surface area (Å²) >= 11 is 0. The first-order valence-corrected chi connectivity index (χ1v) is 9.25. The maximum absolute atomic E-state index is 12.4. The molecule has 3 amide bonds. The van der Waals surface area contributed by atoms with Gasteiger partial charge in [-0.3, -0.25) is 14.4 Å². The van der Waals surface area contributed by atoms with Gasteiger partial charge in [-0.05, 0) is 26.2 Å². The van der Waals surface area contributed by atoms with Gasteiger partial charge >= 0.3 is 5.97 Å². The van der Waals surface area contributed by atoms with Crippen LogP contribution in [-0.4, -0.2) is 47.5 Å². The Balaban J connectivity index is 2.60. The second-order valence-corrected chi connectivity index (χ2v) is 6.83. The van der Waals surface area contributed by atoms with E-state index >= 15 is 0 Å². The van der Waals surface area contributed by atoms with Crippen molar-refractivity contribution >= 4 is 23.7 Å². The standard InChI is InChI=1S/C19H28N4O6/c1-5-6-13(7-8-15(20)24)21-16(25)10-28-19(27)17(11(2)3)22-18(26)14-9-12(4)29-23-14/h5-6,9,11,13,17H,7-8,10H2,1-4H3,(H2,20,24)(H,21,25)(H,22,26)/b6-5+. The minimum absolute atomic E-state index is 0.0438. The van der Waals surface area contributed by atoms with Gasteiger partial charge in [0, 0.05) is 18.5 Å². The number of carbonyl (C=O) groups is 4. The minimum Gasteiger partial charge on any atom is -0.454 e. The van der Waals surface area contributed by atoms with E-state index < -0.39 is 42.4 Å². The molecule has 0 saturated carbocycles. The van der Waals surface area contributed by atoms with Gasteiger partial charge < -0.3 is 25.6 Å². The highest BCUT2D eigenvalue weighted by Gasteiger charge is 2.28. The Kier molecular flexibility index (Phi) is 9.57. The van der Waals surface area contributed by atoms with Crippen LogP contribution in [0, 0.1) is 12.8 Å². The van der Waals surface area contributed by atoms with Crippen molar-refractivity contribution in [2.75, 3.05) is 6.61 Å². The first-order chi connectivity index (χ1) is 13.6. The van der Waals surface area contributed by atoms with Gasteiger partial charge in [-0.1, -0.05) is 31.2 Å². The van der Waals surface area contributed by atoms with Gasteiger partial charge in [0.1, 0.15) is 11.8 Å². The van der Waals surface area contributed by atoms with Crippen molar-refractivity contribution in [3.63, 3.8) is 0 Å². The van der Waals surface area contributed by atoms with E-state index in [9.17, 15) is 19.2 Å². The molecule has 2 atom stereocenters. The van der Waals surface area contributed by atoms with Gasteiger partial charge in [-0.2, -0.15) is 0 Å². The van der Waals surface area contributed by atoms with Crippen LogP contribution in [0.4, 0.5) is 0 Å². The number of esters is 1. The molecule has 0 aliphatic rings. The summed E-state index contributed by atoms with van der Waals surface area (Å²) in [4.78, 5) is 47.5. The van der Waals surface area contributed by atoms with E-state index in [-0.39, 0.29) is 18.0 Å². The van der Waals surface area contributed by atoms with Crippen LogP contribution in [0.3, 0.4) is 0 Å². The SMILES string of the molecule is C/C=C/C(CCC(N)=O)NC(=O)COC(=O)C(NC(=O)c1cc(C)on1)C(C)C. The Morgan fingerprint density at radius 2 is 1.97 bits per heavy atom. The van der Waals surface area contributed by atoms with Crippen molar-refractivity contribution in [2.45, 2.75) is 52.6 Å². The van der Waals surface area contributed by atoms with Crippen molar-refractivity contribution < 1.29 is 28.4 Å². The summed E-state index contributed by atoms with van der Waals surface area (Å²) in [5, 5.41) is 8.78. The zero-order chi connectivity index (χ0) is 22.0. The molecule has 1 rings (SSSR count). The molecule has 10 heteroatoms. The summed E-state index contributed by atoms with van der Waals surface area (Å²) in [6.45, 7) is 6.35. The smallest absolute Gasteiger partial charge is 0.329 e. The normalized spacial score (nSPS) is 13.1. The van der Waals surface area contributed by atoms with Crippen LogP contribution in [0.25, 0.3) is 0 Å². The lowest BCUT2D eigenvalue weighted by atomic mass is 10.0. The molecule has 2 unspecified atom stereocenters. The fraction of sp³-hybridized carbons (Fsp3) is 0.526. The van der Waals surface area contributed by atoms with E-state index in [4.69, 9.17) is 15.0 Å². The fourth-order valence-electron chi connectivity index (χ4n) is 2.41. The number of hydrogen-bond donors (Lipinski definition) is 3. The Bertz CT molecular complexity index is 756. The van der Waals surface area contributed by atoms with Crippen LogP contribution in [0.1, 0.15) is 49.9 Å². The summed E-state index contributed by atoms with van der Waals surface area (Å²) < 4.78 is 9.89. The topological polar surface area (TPSA) is 154 Å². The average Bonchev–Trinajstić information content (AvgIpc) is 3.08. The van der Waals surface area contributed by atoms with Gasteiger partial charge in [0.05, 0.1) is 0 Å². The Labute approximate surface area is 169 Å². The highest BCUT2D eigenvalue weighted by Crippen LogP contribution is 2.08. The summed E-state index contributed by atoms with van der Waals surface area (Å²) in [6.07, 6.45) is 3.88. The second-order valence-electron chi connectivity index (χ2n) is 6.83. The Morgan fingerprint density at radius 1 is 1.28 bits per heavy atom. The van der Waals surface area contributed by atoms with E-state index in [1.54, 1.807) is 39.8 Å². The van der Waals surface area contributed by atoms with Crippen LogP contribution >= 0.6 is 0 Å². The first-order valence-electron chi connectivity index (χ1n) is 9.25. The van der Waals surface area contributed by atoms with Crippen molar-refractivity contribution in [1.82, 2.24) is 15.8 Å². The number of nitrogens with zero attached hydrogens (tertiary/aromatic N) is 1. The predicted molar refractivity (Wildman–Crippen MR) is 103 cm³/mol. The molecular formula is C19H28N4O6. The van der Waals surface area contributed by atoms with Gasteiger partial charge in [0.2, 0.25) is 5.91 Å². The van der Waals surface area contributed by atoms with Gasteiger partial charge in [0.15, 0.2) is 12.3 Å². The lowest BCUT2D eigenvalue weighted by Gasteiger charge is -2.20. The number of hydrogen-bond acceptors (Lipinski definition) is 7. The number of nitrogens with one attached hydrogen (secondary N) is 2. The van der Waals surface area contributed by atoms with Crippen LogP contribution in [0.2, 0.25) is 0 Å². The molecule has 10 nitrogen and oxygen atoms in total. The average molecular weight is 408 g/mol. The molecule has 0 bridgehead atoms. The van der Waals surface area contributed by atoms with Crippen molar-refractivity contribution in [1.29, 1.82) is 0 Å². The molecule has 1 heterocycles. The molecule has 0 aliphatic carbocycles. The first kappa shape index (κ1) is 23.9. The molecule has 0 radical (unpaired) electrons. The van der Waals surface area contributed by atoms with Gasteiger partial charge in [-0.15, -0.1) is 0 Å². The number of primary amides is 1. The third kappa shape index (κ3) is 8.58. The molecule has 4 N–H and O–H groups in total. The highest BCUT2D eigenvalue weighted by atomic mass is 16.5. The largest absolute Gasteiger partial charge is 0.454 e. The van der Waals surface area contributed by atoms with Crippen LogP contribution in [-0.2, 0) is 19.1 Å². The number of rotatable bonds is 11. The summed E-state index contributed by atoms with van der Waals surface area (Å²) in [5.74, 6) is -2.16. The quantitative estimate of drug-likeness (QED) is 0.358. The zero-order valence-corrected chi connectivity index (χ0v) is 17.1. The molecule has 1 aromatic rings. The Hall–Kier alpha value is -3.17. The van der Waals surface area contributed by atoms with Crippen LogP contribution < -0.4 is 16.4 Å². The van der Waals surface area contributed by atoms with E-state index in [0.717, 1.165) is 0 Å². The Morgan fingerprint density at radius 3 is 2.48 bits per heavy atom. The molecule has 0 spiro atoms. The summed E-state index contributed by atoms with van der Waals surface area (Å²) in [7, 11) is 0. The zero-order valence-electron chi connectivity index (χ0n) is 17.1. The molecule has 160 valence electrons. The fourth-order valence-corrected chi connectivity index (χ4v) is 2.41. The number of amides is 3. The molecule has 0 fully saturated rings. The van der Waals surface area contributed by atoms with E-state index in [2.05, 4.69) is 15.8 Å². The molecular weight excluding hydrogens is 380 g/mol. The maximum Gasteiger partial charge on any atom is 0.329 e. The van der Waals surface area contributed by atoms with Gasteiger partial charge in [0.25, 0.3) is 11.8 Å². The summed E-state index contributed by atoms with van der Waals surface area (Å²) in [5.41, 5.74) is 5.16. The second kappa shape index (κ2) is 11.6. The van der Waals surface area contributed by atoms with Crippen LogP contribution in [0.5, 0.6) is 0 Å². The molecule has 29 heavy (non-hydrogen) atoms. The van der Waals surface area contributed by atoms with Crippen molar-refractivity contribution in [3.8, 4) is 0 Å². The van der Waals surface area contributed by atoms with Crippen LogP contribution in [0.15, 0.2) is 22.7 Å². The molecule has 0 saturated heterocycles. The van der Waals surface area contributed by atoms with E-state index in [1.807, 2.05) is 0 Å². The van der Waals surface area contributed by atoms with E-state index in [1.165, 1.54) is 6.07 Å². The number of ether oxygens (including phenoxy) is 1. The number of allylic oxidation sites excluding steroid dienone is 1. The lowest BCUT2D eigenvalue weighted by Crippen LogP contribution is -2.46. The summed E-state index contributed by atoms with van der Waals surface area (Å²) in [6, 6.07) is 0.0714. The lowest BCUT2D eigenvalue weighted by molar-refractivity contribution is -0.151. The predicted octanol–water partition coefficient (Wildman–Crippen LogP) is 0.607. The third-order valence-electron chi connectivity index (χ3n) is 3.89. The number of aryl methyl sites for hydroxylation is 1. The van der Waals surface area contributed by atoms with Crippen molar-refractivity contribution in [3.05, 3.63) is 29.7 Å². The number of nitrogens with two attached hydrogens (primary N) is 1. The van der Waals surface area contributed by atoms with Gasteiger partial charge in [-0.25, -0.2) is 4.79 Å². The minimum atomic E-state index is -0.964. The molecule has 1 aromatic heterocycles.